The largest absolute Gasteiger partial charge is 0.468 e. The van der Waals surface area contributed by atoms with Crippen LogP contribution in [0.3, 0.4) is 0 Å². The van der Waals surface area contributed by atoms with E-state index in [2.05, 4.69) is 4.74 Å². The second-order valence-electron chi connectivity index (χ2n) is 4.72. The summed E-state index contributed by atoms with van der Waals surface area (Å²) in [5.74, 6) is 0.309. The van der Waals surface area contributed by atoms with Crippen LogP contribution in [-0.4, -0.2) is 24.9 Å². The summed E-state index contributed by atoms with van der Waals surface area (Å²) in [5.41, 5.74) is 6.62. The highest BCUT2D eigenvalue weighted by atomic mass is 16.7. The second kappa shape index (κ2) is 4.49. The maximum Gasteiger partial charge on any atom is 0.322 e. The third-order valence-corrected chi connectivity index (χ3v) is 2.68. The van der Waals surface area contributed by atoms with Crippen LogP contribution in [-0.2, 0) is 16.0 Å². The lowest BCUT2D eigenvalue weighted by molar-refractivity contribution is -0.142. The Kier molecular flexibility index (Phi) is 3.17. The Bertz CT molecular complexity index is 470. The fourth-order valence-electron chi connectivity index (χ4n) is 1.88. The van der Waals surface area contributed by atoms with Crippen LogP contribution >= 0.6 is 0 Å². The molecule has 5 nitrogen and oxygen atoms in total. The molecular weight excluding hydrogens is 234 g/mol. The van der Waals surface area contributed by atoms with Crippen molar-refractivity contribution in [2.24, 2.45) is 5.73 Å². The molecule has 2 rings (SSSR count). The Balaban J connectivity index is 2.12. The van der Waals surface area contributed by atoms with Crippen LogP contribution in [0.2, 0.25) is 0 Å². The molecule has 2 N–H and O–H groups in total. The number of hydrogen-bond donors (Lipinski definition) is 1. The van der Waals surface area contributed by atoms with Crippen molar-refractivity contribution in [1.82, 2.24) is 0 Å². The number of nitrogens with two attached hydrogens (primary N) is 1. The van der Waals surface area contributed by atoms with E-state index in [0.29, 0.717) is 17.9 Å². The average Bonchev–Trinajstić information content (AvgIpc) is 2.61. The highest BCUT2D eigenvalue weighted by Crippen LogP contribution is 2.39. The molecule has 5 heteroatoms. The van der Waals surface area contributed by atoms with Crippen LogP contribution in [0, 0.1) is 0 Å². The smallest absolute Gasteiger partial charge is 0.322 e. The van der Waals surface area contributed by atoms with Crippen molar-refractivity contribution >= 4 is 5.97 Å². The molecule has 98 valence electrons. The van der Waals surface area contributed by atoms with Gasteiger partial charge in [-0.1, -0.05) is 6.07 Å². The maximum absolute atomic E-state index is 11.2. The van der Waals surface area contributed by atoms with Gasteiger partial charge in [0.15, 0.2) is 11.5 Å². The molecule has 0 saturated carbocycles. The van der Waals surface area contributed by atoms with Crippen molar-refractivity contribution in [2.45, 2.75) is 32.1 Å². The first-order valence-corrected chi connectivity index (χ1v) is 5.75. The Morgan fingerprint density at radius 1 is 1.39 bits per heavy atom. The molecule has 0 radical (unpaired) electrons. The summed E-state index contributed by atoms with van der Waals surface area (Å²) in [7, 11) is 1.32. The lowest BCUT2D eigenvalue weighted by atomic mass is 10.1. The standard InChI is InChI=1S/C13H17NO4/c1-13(2)17-10-5-4-8(7-11(10)18-13)6-9(14)12(15)16-3/h4-5,7,9H,6,14H2,1-3H3. The van der Waals surface area contributed by atoms with Crippen molar-refractivity contribution < 1.29 is 19.0 Å². The molecule has 0 fully saturated rings. The summed E-state index contributed by atoms with van der Waals surface area (Å²) in [5, 5.41) is 0. The van der Waals surface area contributed by atoms with Crippen LogP contribution in [0.4, 0.5) is 0 Å². The number of esters is 1. The van der Waals surface area contributed by atoms with Gasteiger partial charge >= 0.3 is 5.97 Å². The van der Waals surface area contributed by atoms with Gasteiger partial charge in [-0.3, -0.25) is 4.79 Å². The number of hydrogen-bond acceptors (Lipinski definition) is 5. The molecule has 18 heavy (non-hydrogen) atoms. The van der Waals surface area contributed by atoms with Crippen LogP contribution in [0.1, 0.15) is 19.4 Å². The van der Waals surface area contributed by atoms with Crippen LogP contribution in [0.15, 0.2) is 18.2 Å². The number of carbonyl (C=O) groups is 1. The third-order valence-electron chi connectivity index (χ3n) is 2.68. The van der Waals surface area contributed by atoms with Crippen molar-refractivity contribution in [3.8, 4) is 11.5 Å². The number of methoxy groups -OCH3 is 1. The molecule has 1 aliphatic rings. The Labute approximate surface area is 106 Å². The second-order valence-corrected chi connectivity index (χ2v) is 4.72. The van der Waals surface area contributed by atoms with E-state index in [1.807, 2.05) is 32.0 Å². The van der Waals surface area contributed by atoms with E-state index < -0.39 is 17.8 Å². The Morgan fingerprint density at radius 3 is 2.72 bits per heavy atom. The van der Waals surface area contributed by atoms with Gasteiger partial charge in [-0.2, -0.15) is 0 Å². The first-order valence-electron chi connectivity index (χ1n) is 5.75. The summed E-state index contributed by atoms with van der Waals surface area (Å²) in [6, 6.07) is 4.87. The van der Waals surface area contributed by atoms with Gasteiger partial charge in [-0.15, -0.1) is 0 Å². The van der Waals surface area contributed by atoms with E-state index in [4.69, 9.17) is 15.2 Å². The van der Waals surface area contributed by atoms with Crippen LogP contribution in [0.5, 0.6) is 11.5 Å². The number of ether oxygens (including phenoxy) is 3. The Hall–Kier alpha value is -1.75. The average molecular weight is 251 g/mol. The molecule has 0 amide bonds. The molecule has 0 aromatic heterocycles. The predicted molar refractivity (Wildman–Crippen MR) is 65.5 cm³/mol. The number of rotatable bonds is 3. The van der Waals surface area contributed by atoms with Crippen molar-refractivity contribution in [1.29, 1.82) is 0 Å². The van der Waals surface area contributed by atoms with E-state index in [9.17, 15) is 4.79 Å². The predicted octanol–water partition coefficient (Wildman–Crippen LogP) is 1.24. The summed E-state index contributed by atoms with van der Waals surface area (Å²) < 4.78 is 15.8. The fraction of sp³-hybridized carbons (Fsp3) is 0.462. The summed E-state index contributed by atoms with van der Waals surface area (Å²) in [6.07, 6.45) is 0.406. The highest BCUT2D eigenvalue weighted by molar-refractivity contribution is 5.75. The monoisotopic (exact) mass is 251 g/mol. The molecule has 1 aromatic rings. The molecule has 0 saturated heterocycles. The van der Waals surface area contributed by atoms with E-state index in [0.717, 1.165) is 5.56 Å². The summed E-state index contributed by atoms with van der Waals surface area (Å²) in [4.78, 5) is 11.2. The normalized spacial score (nSPS) is 17.3. The van der Waals surface area contributed by atoms with Crippen LogP contribution < -0.4 is 15.2 Å². The zero-order valence-electron chi connectivity index (χ0n) is 10.7. The molecule has 0 bridgehead atoms. The minimum absolute atomic E-state index is 0.406. The lowest BCUT2D eigenvalue weighted by Gasteiger charge is -2.16. The van der Waals surface area contributed by atoms with E-state index in [-0.39, 0.29) is 0 Å². The zero-order valence-corrected chi connectivity index (χ0v) is 10.7. The molecule has 1 heterocycles. The van der Waals surface area contributed by atoms with Gasteiger partial charge in [0.05, 0.1) is 7.11 Å². The quantitative estimate of drug-likeness (QED) is 0.818. The third kappa shape index (κ3) is 2.56. The SMILES string of the molecule is COC(=O)C(N)Cc1ccc2c(c1)OC(C)(C)O2. The molecule has 1 aromatic carbocycles. The van der Waals surface area contributed by atoms with Gasteiger partial charge in [0.1, 0.15) is 6.04 Å². The Morgan fingerprint density at radius 2 is 2.06 bits per heavy atom. The van der Waals surface area contributed by atoms with Crippen molar-refractivity contribution in [2.75, 3.05) is 7.11 Å². The van der Waals surface area contributed by atoms with Crippen LogP contribution in [0.25, 0.3) is 0 Å². The maximum atomic E-state index is 11.2. The lowest BCUT2D eigenvalue weighted by Crippen LogP contribution is -2.33. The zero-order chi connectivity index (χ0) is 13.3. The molecule has 1 atom stereocenters. The van der Waals surface area contributed by atoms with Gasteiger partial charge in [0, 0.05) is 13.8 Å². The van der Waals surface area contributed by atoms with Gasteiger partial charge < -0.3 is 19.9 Å². The molecular formula is C13H17NO4. The first kappa shape index (κ1) is 12.7. The molecule has 0 spiro atoms. The topological polar surface area (TPSA) is 70.8 Å². The minimum atomic E-state index is -0.664. The molecule has 0 aliphatic carbocycles. The van der Waals surface area contributed by atoms with Gasteiger partial charge in [0.25, 0.3) is 0 Å². The molecule has 1 unspecified atom stereocenters. The van der Waals surface area contributed by atoms with Crippen molar-refractivity contribution in [3.63, 3.8) is 0 Å². The number of benzene rings is 1. The first-order chi connectivity index (χ1) is 8.41. The number of fused-ring (bicyclic) bond motifs is 1. The van der Waals surface area contributed by atoms with Gasteiger partial charge in [0.2, 0.25) is 5.79 Å². The fourth-order valence-corrected chi connectivity index (χ4v) is 1.88. The summed E-state index contributed by atoms with van der Waals surface area (Å²) >= 11 is 0. The summed E-state index contributed by atoms with van der Waals surface area (Å²) in [6.45, 7) is 3.68. The van der Waals surface area contributed by atoms with Crippen molar-refractivity contribution in [3.05, 3.63) is 23.8 Å². The molecule has 1 aliphatic heterocycles. The van der Waals surface area contributed by atoms with E-state index in [1.165, 1.54) is 7.11 Å². The highest BCUT2D eigenvalue weighted by Gasteiger charge is 2.31. The van der Waals surface area contributed by atoms with E-state index >= 15 is 0 Å². The van der Waals surface area contributed by atoms with E-state index in [1.54, 1.807) is 0 Å². The van der Waals surface area contributed by atoms with Gasteiger partial charge in [-0.25, -0.2) is 0 Å². The number of carbonyl (C=O) groups excluding carboxylic acids is 1. The van der Waals surface area contributed by atoms with Gasteiger partial charge in [-0.05, 0) is 24.1 Å². The minimum Gasteiger partial charge on any atom is -0.468 e.